The molecule has 0 saturated carbocycles. The summed E-state index contributed by atoms with van der Waals surface area (Å²) in [5.74, 6) is -2.11. The van der Waals surface area contributed by atoms with E-state index in [1.165, 1.54) is 12.1 Å². The van der Waals surface area contributed by atoms with Gasteiger partial charge in [-0.25, -0.2) is 24.4 Å². The molecule has 0 aromatic heterocycles. The highest BCUT2D eigenvalue weighted by Crippen LogP contribution is 2.33. The fourth-order valence-electron chi connectivity index (χ4n) is 1.54. The Kier molecular flexibility index (Phi) is 7.88. The Bertz CT molecular complexity index is 657. The maximum atomic E-state index is 13.8. The predicted octanol–water partition coefficient (Wildman–Crippen LogP) is 3.92. The van der Waals surface area contributed by atoms with Gasteiger partial charge in [-0.3, -0.25) is 0 Å². The van der Waals surface area contributed by atoms with E-state index in [9.17, 15) is 17.6 Å². The van der Waals surface area contributed by atoms with Gasteiger partial charge in [-0.05, 0) is 37.0 Å². The van der Waals surface area contributed by atoms with Crippen LogP contribution in [0.4, 0.5) is 17.6 Å². The van der Waals surface area contributed by atoms with Crippen LogP contribution in [0.2, 0.25) is 0 Å². The zero-order valence-corrected chi connectivity index (χ0v) is 16.4. The maximum absolute atomic E-state index is 13.8. The molecule has 0 heterocycles. The van der Waals surface area contributed by atoms with Crippen LogP contribution in [0.25, 0.3) is 0 Å². The van der Waals surface area contributed by atoms with Crippen molar-refractivity contribution < 1.29 is 22.3 Å². The summed E-state index contributed by atoms with van der Waals surface area (Å²) in [6, 6.07) is 3.76. The van der Waals surface area contributed by atoms with Gasteiger partial charge in [0, 0.05) is 10.2 Å². The molecule has 0 spiro atoms. The van der Waals surface area contributed by atoms with Crippen LogP contribution in [-0.4, -0.2) is 55.7 Å². The van der Waals surface area contributed by atoms with Crippen molar-refractivity contribution in [1.82, 2.24) is 0 Å². The Morgan fingerprint density at radius 3 is 2.44 bits per heavy atom. The smallest absolute Gasteiger partial charge is 0.383 e. The summed E-state index contributed by atoms with van der Waals surface area (Å²) in [7, 11) is -0.805. The molecule has 0 unspecified atom stereocenters. The lowest BCUT2D eigenvalue weighted by Crippen LogP contribution is -2.26. The lowest BCUT2D eigenvalue weighted by Gasteiger charge is -2.24. The van der Waals surface area contributed by atoms with E-state index in [-0.39, 0.29) is 5.56 Å². The van der Waals surface area contributed by atoms with Gasteiger partial charge in [-0.2, -0.15) is 13.2 Å². The summed E-state index contributed by atoms with van der Waals surface area (Å²) in [4.78, 5) is 6.55. The summed E-state index contributed by atoms with van der Waals surface area (Å²) >= 11 is 3.05. The van der Waals surface area contributed by atoms with E-state index in [2.05, 4.69) is 44.7 Å². The van der Waals surface area contributed by atoms with Crippen molar-refractivity contribution in [2.75, 3.05) is 37.9 Å². The average Bonchev–Trinajstić information content (AvgIpc) is 2.43. The monoisotopic (exact) mass is 445 g/mol. The van der Waals surface area contributed by atoms with Crippen LogP contribution in [0.15, 0.2) is 32.7 Å². The van der Waals surface area contributed by atoms with Crippen LogP contribution in [0.1, 0.15) is 5.56 Å². The largest absolute Gasteiger partial charge is 0.451 e. The van der Waals surface area contributed by atoms with Crippen LogP contribution in [0.3, 0.4) is 0 Å². The molecule has 142 valence electrons. The lowest BCUT2D eigenvalue weighted by molar-refractivity contribution is -0.0604. The highest BCUT2D eigenvalue weighted by Gasteiger charge is 2.36. The molecule has 0 fully saturated rings. The predicted molar refractivity (Wildman–Crippen MR) is 99.4 cm³/mol. The molecule has 0 amide bonds. The molecule has 0 bridgehead atoms. The van der Waals surface area contributed by atoms with Crippen LogP contribution >= 0.6 is 26.0 Å². The molecule has 1 aromatic rings. The number of alkyl halides is 3. The second-order valence-electron chi connectivity index (χ2n) is 5.93. The van der Waals surface area contributed by atoms with Crippen molar-refractivity contribution in [2.45, 2.75) is 6.18 Å². The molecule has 10 heteroatoms. The highest BCUT2D eigenvalue weighted by molar-refractivity contribution is 9.10. The summed E-state index contributed by atoms with van der Waals surface area (Å²) in [6.07, 6.45) is 1.38. The number of halogens is 5. The van der Waals surface area contributed by atoms with E-state index in [1.807, 2.05) is 0 Å². The summed E-state index contributed by atoms with van der Waals surface area (Å²) in [5.41, 5.74) is 5.27. The van der Waals surface area contributed by atoms with E-state index < -0.39 is 40.4 Å². The number of hydrogen-bond donors (Lipinski definition) is 1. The van der Waals surface area contributed by atoms with Gasteiger partial charge in [0.1, 0.15) is 18.4 Å². The van der Waals surface area contributed by atoms with Crippen LogP contribution in [0, 0.1) is 5.82 Å². The first-order valence-electron chi connectivity index (χ1n) is 7.05. The van der Waals surface area contributed by atoms with Crippen molar-refractivity contribution >= 4 is 37.6 Å². The first-order chi connectivity index (χ1) is 11.4. The van der Waals surface area contributed by atoms with E-state index in [1.54, 1.807) is 0 Å². The third-order valence-corrected chi connectivity index (χ3v) is 4.72. The zero-order chi connectivity index (χ0) is 19.3. The zero-order valence-electron chi connectivity index (χ0n) is 14.0. The molecular formula is C15H20BrF4N3OS. The number of hydrogen-bond acceptors (Lipinski definition) is 2. The van der Waals surface area contributed by atoms with Gasteiger partial charge in [0.05, 0.1) is 12.2 Å². The Morgan fingerprint density at radius 1 is 1.28 bits per heavy atom. The molecule has 0 radical (unpaired) electrons. The van der Waals surface area contributed by atoms with Crippen molar-refractivity contribution in [3.05, 3.63) is 34.1 Å². The van der Waals surface area contributed by atoms with Crippen molar-refractivity contribution in [2.24, 2.45) is 15.7 Å². The lowest BCUT2D eigenvalue weighted by atomic mass is 10.2. The quantitative estimate of drug-likeness (QED) is 0.312. The van der Waals surface area contributed by atoms with Gasteiger partial charge in [0.2, 0.25) is 5.84 Å². The third kappa shape index (κ3) is 8.19. The molecule has 4 nitrogen and oxygen atoms in total. The van der Waals surface area contributed by atoms with Crippen LogP contribution in [0.5, 0.6) is 0 Å². The summed E-state index contributed by atoms with van der Waals surface area (Å²) in [5, 5.41) is 0. The van der Waals surface area contributed by atoms with Gasteiger partial charge < -0.3 is 10.5 Å². The molecule has 1 aromatic carbocycles. The van der Waals surface area contributed by atoms with E-state index in [0.717, 1.165) is 11.8 Å². The van der Waals surface area contributed by atoms with E-state index >= 15 is 0 Å². The molecule has 0 saturated heterocycles. The minimum absolute atomic E-state index is 0.239. The Hall–Kier alpha value is -1.13. The van der Waals surface area contributed by atoms with Gasteiger partial charge >= 0.3 is 6.18 Å². The fraction of sp³-hybridized carbons (Fsp3) is 0.467. The first kappa shape index (κ1) is 21.9. The third-order valence-electron chi connectivity index (χ3n) is 2.83. The number of nitrogens with zero attached hydrogens (tertiary/aromatic N) is 2. The average molecular weight is 446 g/mol. The minimum Gasteiger partial charge on any atom is -0.383 e. The highest BCUT2D eigenvalue weighted by atomic mass is 79.9. The standard InChI is InChI=1S/C15H20BrF4N3OS/c1-25(2,3)7-6-24-9-22-14(15(18,19)20)23-13(21)11-5-4-10(16)8-12(11)17/h4-5,8H,6-7,9H2,1-3H3,(H2,21,22,23). The summed E-state index contributed by atoms with van der Waals surface area (Å²) < 4.78 is 58.4. The molecular weight excluding hydrogens is 426 g/mol. The number of nitrogens with two attached hydrogens (primary N) is 1. The minimum atomic E-state index is -4.82. The van der Waals surface area contributed by atoms with Crippen molar-refractivity contribution in [3.63, 3.8) is 0 Å². The Morgan fingerprint density at radius 2 is 1.92 bits per heavy atom. The van der Waals surface area contributed by atoms with Crippen LogP contribution < -0.4 is 5.73 Å². The number of amidine groups is 2. The van der Waals surface area contributed by atoms with Crippen LogP contribution in [-0.2, 0) is 4.74 Å². The van der Waals surface area contributed by atoms with Gasteiger partial charge in [0.25, 0.3) is 0 Å². The number of aliphatic imine (C=N–C) groups is 2. The second-order valence-corrected chi connectivity index (χ2v) is 11.4. The molecule has 0 aliphatic rings. The molecule has 0 aliphatic carbocycles. The Labute approximate surface area is 154 Å². The number of rotatable bonds is 6. The molecule has 25 heavy (non-hydrogen) atoms. The van der Waals surface area contributed by atoms with E-state index in [4.69, 9.17) is 10.5 Å². The fourth-order valence-corrected chi connectivity index (χ4v) is 2.49. The first-order valence-corrected chi connectivity index (χ1v) is 10.9. The summed E-state index contributed by atoms with van der Waals surface area (Å²) in [6.45, 7) is -0.196. The van der Waals surface area contributed by atoms with Crippen molar-refractivity contribution in [1.29, 1.82) is 0 Å². The van der Waals surface area contributed by atoms with Gasteiger partial charge in [-0.1, -0.05) is 15.9 Å². The number of ether oxygens (including phenoxy) is 1. The maximum Gasteiger partial charge on any atom is 0.451 e. The SMILES string of the molecule is CS(C)(C)CCOCN=C(N=C(N)c1ccc(Br)cc1F)C(F)(F)F. The molecule has 2 N–H and O–H groups in total. The molecule has 0 atom stereocenters. The normalized spacial score (nSPS) is 14.7. The topological polar surface area (TPSA) is 60.0 Å². The molecule has 1 rings (SSSR count). The van der Waals surface area contributed by atoms with Gasteiger partial charge in [-0.15, -0.1) is 0 Å². The second kappa shape index (κ2) is 9.00. The number of benzene rings is 1. The van der Waals surface area contributed by atoms with Gasteiger partial charge in [0.15, 0.2) is 0 Å². The van der Waals surface area contributed by atoms with E-state index in [0.29, 0.717) is 11.1 Å². The molecule has 0 aliphatic heterocycles. The van der Waals surface area contributed by atoms with Crippen molar-refractivity contribution in [3.8, 4) is 0 Å². The Balaban J connectivity index is 2.90.